The van der Waals surface area contributed by atoms with Crippen LogP contribution in [0.1, 0.15) is 15.9 Å². The van der Waals surface area contributed by atoms with Gasteiger partial charge in [-0.1, -0.05) is 84.9 Å². The number of phenolic OH excluding ortho intramolecular Hbond substituents is 1. The van der Waals surface area contributed by atoms with Crippen molar-refractivity contribution in [1.29, 1.82) is 0 Å². The molecule has 0 saturated carbocycles. The van der Waals surface area contributed by atoms with E-state index in [2.05, 4.69) is 29.6 Å². The number of carbonyl (C=O) groups excluding carboxylic acids is 1. The summed E-state index contributed by atoms with van der Waals surface area (Å²) < 4.78 is 0. The molecule has 1 atom stereocenters. The van der Waals surface area contributed by atoms with Crippen LogP contribution >= 0.6 is 7.92 Å². The molecule has 0 aromatic heterocycles. The van der Waals surface area contributed by atoms with E-state index >= 15 is 0 Å². The predicted octanol–water partition coefficient (Wildman–Crippen LogP) is 3.58. The molecule has 0 radical (unpaired) electrons. The maximum atomic E-state index is 12.8. The second kappa shape index (κ2) is 10.8. The van der Waals surface area contributed by atoms with Gasteiger partial charge in [-0.15, -0.1) is 0 Å². The number of carboxylic acids is 1. The van der Waals surface area contributed by atoms with E-state index < -0.39 is 25.8 Å². The first-order chi connectivity index (χ1) is 16.5. The van der Waals surface area contributed by atoms with Crippen LogP contribution in [0.25, 0.3) is 0 Å². The maximum absolute atomic E-state index is 12.8. The Balaban J connectivity index is 1.53. The summed E-state index contributed by atoms with van der Waals surface area (Å²) in [6.07, 6.45) is 0.118. The summed E-state index contributed by atoms with van der Waals surface area (Å²) in [5, 5.41) is 25.1. The van der Waals surface area contributed by atoms with Crippen LogP contribution in [0.15, 0.2) is 109 Å². The third kappa shape index (κ3) is 5.69. The van der Waals surface area contributed by atoms with E-state index in [0.29, 0.717) is 11.1 Å². The number of hydrogen-bond donors (Lipinski definition) is 3. The summed E-state index contributed by atoms with van der Waals surface area (Å²) in [6.45, 7) is 0. The zero-order chi connectivity index (χ0) is 23.9. The molecule has 0 aliphatic heterocycles. The van der Waals surface area contributed by atoms with E-state index in [1.807, 2.05) is 48.5 Å². The summed E-state index contributed by atoms with van der Waals surface area (Å²) >= 11 is 0. The molecule has 6 heteroatoms. The van der Waals surface area contributed by atoms with Gasteiger partial charge in [0.1, 0.15) is 11.8 Å². The standard InChI is InChI=1S/C28H24NO4P/c30-22-15-11-20(12-16-22)19-26(28(32)33)29-27(31)21-13-17-25(18-14-21)34(23-7-3-1-4-8-23)24-9-5-2-6-10-24/h1-18,26,30H,19H2,(H,29,31)(H,32,33). The van der Waals surface area contributed by atoms with Gasteiger partial charge in [-0.3, -0.25) is 4.79 Å². The molecule has 0 bridgehead atoms. The summed E-state index contributed by atoms with van der Waals surface area (Å²) in [7, 11) is -0.787. The van der Waals surface area contributed by atoms with Gasteiger partial charge >= 0.3 is 5.97 Å². The van der Waals surface area contributed by atoms with Crippen LogP contribution in [0, 0.1) is 0 Å². The molecule has 0 fully saturated rings. The lowest BCUT2D eigenvalue weighted by molar-refractivity contribution is -0.139. The van der Waals surface area contributed by atoms with Gasteiger partial charge < -0.3 is 15.5 Å². The lowest BCUT2D eigenvalue weighted by Crippen LogP contribution is -2.42. The van der Waals surface area contributed by atoms with Gasteiger partial charge in [0.15, 0.2) is 0 Å². The van der Waals surface area contributed by atoms with Crippen LogP contribution in [-0.4, -0.2) is 28.1 Å². The number of amides is 1. The molecule has 0 aliphatic carbocycles. The molecule has 4 rings (SSSR count). The summed E-state index contributed by atoms with van der Waals surface area (Å²) in [5.74, 6) is -1.46. The minimum Gasteiger partial charge on any atom is -0.508 e. The fourth-order valence-corrected chi connectivity index (χ4v) is 5.95. The monoisotopic (exact) mass is 469 g/mol. The minimum absolute atomic E-state index is 0.103. The highest BCUT2D eigenvalue weighted by Gasteiger charge is 2.22. The molecule has 5 nitrogen and oxygen atoms in total. The van der Waals surface area contributed by atoms with Crippen molar-refractivity contribution in [2.45, 2.75) is 12.5 Å². The summed E-state index contributed by atoms with van der Waals surface area (Å²) in [5.41, 5.74) is 1.11. The second-order valence-corrected chi connectivity index (χ2v) is 10.0. The van der Waals surface area contributed by atoms with Gasteiger partial charge in [0.2, 0.25) is 0 Å². The smallest absolute Gasteiger partial charge is 0.326 e. The number of carbonyl (C=O) groups is 2. The van der Waals surface area contributed by atoms with Crippen molar-refractivity contribution in [1.82, 2.24) is 5.32 Å². The number of nitrogens with one attached hydrogen (secondary N) is 1. The van der Waals surface area contributed by atoms with E-state index in [1.54, 1.807) is 24.3 Å². The molecule has 3 N–H and O–H groups in total. The van der Waals surface area contributed by atoms with Crippen molar-refractivity contribution in [2.24, 2.45) is 0 Å². The van der Waals surface area contributed by atoms with Crippen molar-refractivity contribution in [2.75, 3.05) is 0 Å². The van der Waals surface area contributed by atoms with Crippen molar-refractivity contribution in [3.05, 3.63) is 120 Å². The Labute approximate surface area is 199 Å². The molecular weight excluding hydrogens is 445 g/mol. The average molecular weight is 469 g/mol. The highest BCUT2D eigenvalue weighted by atomic mass is 31.1. The van der Waals surface area contributed by atoms with E-state index in [9.17, 15) is 19.8 Å². The van der Waals surface area contributed by atoms with Crippen molar-refractivity contribution in [3.8, 4) is 5.75 Å². The van der Waals surface area contributed by atoms with Crippen molar-refractivity contribution in [3.63, 3.8) is 0 Å². The Morgan fingerprint density at radius 2 is 1.21 bits per heavy atom. The zero-order valence-corrected chi connectivity index (χ0v) is 19.2. The van der Waals surface area contributed by atoms with E-state index in [-0.39, 0.29) is 12.2 Å². The van der Waals surface area contributed by atoms with Crippen molar-refractivity contribution < 1.29 is 19.8 Å². The molecule has 0 saturated heterocycles. The van der Waals surface area contributed by atoms with Gasteiger partial charge in [-0.25, -0.2) is 4.79 Å². The number of benzene rings is 4. The van der Waals surface area contributed by atoms with E-state index in [1.165, 1.54) is 22.7 Å². The highest BCUT2D eigenvalue weighted by molar-refractivity contribution is 7.79. The summed E-state index contributed by atoms with van der Waals surface area (Å²) in [6, 6.07) is 33.1. The number of carboxylic acid groups (broad SMARTS) is 1. The van der Waals surface area contributed by atoms with Gasteiger partial charge in [-0.05, 0) is 53.7 Å². The van der Waals surface area contributed by atoms with Crippen LogP contribution in [0.3, 0.4) is 0 Å². The molecule has 34 heavy (non-hydrogen) atoms. The second-order valence-electron chi connectivity index (χ2n) is 7.79. The molecule has 0 spiro atoms. The van der Waals surface area contributed by atoms with Gasteiger partial charge in [0.05, 0.1) is 0 Å². The van der Waals surface area contributed by atoms with Crippen LogP contribution < -0.4 is 21.2 Å². The fourth-order valence-electron chi connectivity index (χ4n) is 3.67. The third-order valence-electron chi connectivity index (χ3n) is 5.40. The molecule has 4 aromatic rings. The van der Waals surface area contributed by atoms with Gasteiger partial charge in [-0.2, -0.15) is 0 Å². The van der Waals surface area contributed by atoms with Crippen LogP contribution in [0.5, 0.6) is 5.75 Å². The van der Waals surface area contributed by atoms with Crippen molar-refractivity contribution >= 4 is 35.7 Å². The lowest BCUT2D eigenvalue weighted by Gasteiger charge is -2.20. The van der Waals surface area contributed by atoms with Gasteiger partial charge in [0.25, 0.3) is 5.91 Å². The first-order valence-electron chi connectivity index (χ1n) is 10.8. The molecule has 0 aliphatic rings. The molecule has 4 aromatic carbocycles. The lowest BCUT2D eigenvalue weighted by atomic mass is 10.1. The molecule has 1 amide bonds. The minimum atomic E-state index is -1.12. The van der Waals surface area contributed by atoms with Gasteiger partial charge in [0, 0.05) is 12.0 Å². The Bertz CT molecular complexity index is 1200. The third-order valence-corrected chi connectivity index (χ3v) is 7.84. The maximum Gasteiger partial charge on any atom is 0.326 e. The SMILES string of the molecule is O=C(NC(Cc1ccc(O)cc1)C(=O)O)c1ccc(P(c2ccccc2)c2ccccc2)cc1. The molecule has 170 valence electrons. The zero-order valence-electron chi connectivity index (χ0n) is 18.3. The Hall–Kier alpha value is -3.95. The van der Waals surface area contributed by atoms with Crippen LogP contribution in [0.4, 0.5) is 0 Å². The normalized spacial score (nSPS) is 11.7. The Morgan fingerprint density at radius 1 is 0.706 bits per heavy atom. The fraction of sp³-hybridized carbons (Fsp3) is 0.0714. The number of aliphatic carboxylic acids is 1. The Kier molecular flexibility index (Phi) is 7.36. The number of aromatic hydroxyl groups is 1. The molecule has 1 unspecified atom stereocenters. The largest absolute Gasteiger partial charge is 0.508 e. The average Bonchev–Trinajstić information content (AvgIpc) is 2.87. The van der Waals surface area contributed by atoms with E-state index in [0.717, 1.165) is 5.30 Å². The Morgan fingerprint density at radius 3 is 1.71 bits per heavy atom. The quantitative estimate of drug-likeness (QED) is 0.345. The van der Waals surface area contributed by atoms with Crippen LogP contribution in [0.2, 0.25) is 0 Å². The summed E-state index contributed by atoms with van der Waals surface area (Å²) in [4.78, 5) is 24.5. The molecule has 0 heterocycles. The topological polar surface area (TPSA) is 86.6 Å². The highest BCUT2D eigenvalue weighted by Crippen LogP contribution is 2.32. The number of phenols is 1. The number of rotatable bonds is 8. The van der Waals surface area contributed by atoms with Crippen LogP contribution in [-0.2, 0) is 11.2 Å². The number of hydrogen-bond acceptors (Lipinski definition) is 3. The predicted molar refractivity (Wildman–Crippen MR) is 136 cm³/mol. The first-order valence-corrected chi connectivity index (χ1v) is 12.2. The molecular formula is C28H24NO4P. The van der Waals surface area contributed by atoms with E-state index in [4.69, 9.17) is 0 Å². The first kappa shape index (κ1) is 23.2.